The normalized spacial score (nSPS) is 10.4. The molecule has 0 radical (unpaired) electrons. The van der Waals surface area contributed by atoms with Gasteiger partial charge in [-0.05, 0) is 12.1 Å². The molecule has 0 spiro atoms. The van der Waals surface area contributed by atoms with E-state index in [0.29, 0.717) is 13.2 Å². The van der Waals surface area contributed by atoms with Gasteiger partial charge in [-0.25, -0.2) is 0 Å². The molecule has 0 saturated heterocycles. The Morgan fingerprint density at radius 3 is 2.75 bits per heavy atom. The molecule has 0 saturated carbocycles. The summed E-state index contributed by atoms with van der Waals surface area (Å²) in [5, 5.41) is 2.30. The predicted molar refractivity (Wildman–Crippen MR) is 89.3 cm³/mol. The molecule has 2 heterocycles. The Morgan fingerprint density at radius 1 is 1.20 bits per heavy atom. The van der Waals surface area contributed by atoms with Crippen molar-refractivity contribution in [2.24, 2.45) is 0 Å². The highest BCUT2D eigenvalue weighted by atomic mass is 127. The van der Waals surface area contributed by atoms with Crippen LogP contribution >= 0.6 is 24.0 Å². The van der Waals surface area contributed by atoms with Gasteiger partial charge >= 0.3 is 5.97 Å². The van der Waals surface area contributed by atoms with E-state index in [1.807, 2.05) is 24.4 Å². The average molecular weight is 382 g/mol. The minimum Gasteiger partial charge on any atom is -0.464 e. The first-order chi connectivity index (χ1) is 9.27. The van der Waals surface area contributed by atoms with Crippen molar-refractivity contribution in [1.29, 1.82) is 0 Å². The molecule has 0 amide bonds. The van der Waals surface area contributed by atoms with Crippen LogP contribution in [0.4, 0.5) is 0 Å². The van der Waals surface area contributed by atoms with Crippen LogP contribution in [0.2, 0.25) is 0 Å². The number of carbonyl (C=O) groups is 1. The molecule has 0 aliphatic carbocycles. The van der Waals surface area contributed by atoms with Crippen molar-refractivity contribution in [1.82, 2.24) is 9.55 Å². The average Bonchev–Trinajstić information content (AvgIpc) is 2.74. The maximum Gasteiger partial charge on any atom is 0.302 e. The number of hydrogen-bond acceptors (Lipinski definition) is 3. The number of hydrogen-bond donors (Lipinski definition) is 0. The number of rotatable bonds is 3. The molecule has 0 bridgehead atoms. The van der Waals surface area contributed by atoms with Crippen LogP contribution < -0.4 is 0 Å². The number of carbonyl (C=O) groups excluding carboxylic acids is 1. The molecule has 0 N–H and O–H groups in total. The van der Waals surface area contributed by atoms with Crippen molar-refractivity contribution in [3.63, 3.8) is 0 Å². The highest BCUT2D eigenvalue weighted by Gasteiger charge is 2.09. The van der Waals surface area contributed by atoms with Gasteiger partial charge in [0.1, 0.15) is 6.61 Å². The van der Waals surface area contributed by atoms with Gasteiger partial charge in [-0.1, -0.05) is 18.2 Å². The summed E-state index contributed by atoms with van der Waals surface area (Å²) in [4.78, 5) is 15.0. The second-order valence-corrected chi connectivity index (χ2v) is 4.40. The largest absolute Gasteiger partial charge is 0.464 e. The third kappa shape index (κ3) is 2.63. The van der Waals surface area contributed by atoms with Crippen molar-refractivity contribution < 1.29 is 9.53 Å². The van der Waals surface area contributed by atoms with Crippen molar-refractivity contribution in [2.45, 2.75) is 13.5 Å². The topological polar surface area (TPSA) is 44.1 Å². The van der Waals surface area contributed by atoms with Gasteiger partial charge in [-0.3, -0.25) is 9.78 Å². The lowest BCUT2D eigenvalue weighted by atomic mass is 10.2. The van der Waals surface area contributed by atoms with Gasteiger partial charge in [0.05, 0.1) is 12.1 Å². The molecular weight excluding hydrogens is 367 g/mol. The molecule has 1 aromatic carbocycles. The van der Waals surface area contributed by atoms with Crippen LogP contribution in [-0.2, 0) is 16.1 Å². The first kappa shape index (κ1) is 14.8. The zero-order chi connectivity index (χ0) is 13.2. The zero-order valence-electron chi connectivity index (χ0n) is 11.1. The lowest BCUT2D eigenvalue weighted by Crippen LogP contribution is -2.08. The molecule has 20 heavy (non-hydrogen) atoms. The first-order valence-electron chi connectivity index (χ1n) is 6.21. The molecule has 3 aromatic rings. The van der Waals surface area contributed by atoms with Gasteiger partial charge in [0.15, 0.2) is 0 Å². The molecule has 0 unspecified atom stereocenters. The lowest BCUT2D eigenvalue weighted by molar-refractivity contribution is -0.141. The standard InChI is InChI=1S/C15H14N2O2.HI/c1-11(18)19-9-8-17-14-5-3-2-4-12(14)13-10-16-7-6-15(13)17;/h2-7,10H,8-9H2,1H3;1H. The third-order valence-electron chi connectivity index (χ3n) is 3.19. The summed E-state index contributed by atoms with van der Waals surface area (Å²) >= 11 is 0. The van der Waals surface area contributed by atoms with Crippen molar-refractivity contribution in [3.8, 4) is 0 Å². The van der Waals surface area contributed by atoms with Crippen molar-refractivity contribution in [2.75, 3.05) is 6.61 Å². The summed E-state index contributed by atoms with van der Waals surface area (Å²) < 4.78 is 7.20. The van der Waals surface area contributed by atoms with E-state index in [2.05, 4.69) is 21.7 Å². The lowest BCUT2D eigenvalue weighted by Gasteiger charge is -2.07. The van der Waals surface area contributed by atoms with Gasteiger partial charge in [-0.2, -0.15) is 0 Å². The first-order valence-corrected chi connectivity index (χ1v) is 6.21. The number of para-hydroxylation sites is 1. The second kappa shape index (κ2) is 6.21. The number of fused-ring (bicyclic) bond motifs is 3. The van der Waals surface area contributed by atoms with Crippen LogP contribution in [-0.4, -0.2) is 22.1 Å². The molecule has 5 heteroatoms. The summed E-state index contributed by atoms with van der Waals surface area (Å²) in [5.74, 6) is -0.248. The number of esters is 1. The second-order valence-electron chi connectivity index (χ2n) is 4.40. The van der Waals surface area contributed by atoms with Gasteiger partial charge in [0.25, 0.3) is 0 Å². The number of aromatic nitrogens is 2. The van der Waals surface area contributed by atoms with Crippen LogP contribution in [0.25, 0.3) is 21.8 Å². The molecule has 0 aliphatic rings. The Bertz CT molecular complexity index is 699. The van der Waals surface area contributed by atoms with Gasteiger partial charge in [-0.15, -0.1) is 24.0 Å². The fourth-order valence-electron chi connectivity index (χ4n) is 2.42. The van der Waals surface area contributed by atoms with Gasteiger partial charge in [0, 0.05) is 35.6 Å². The molecule has 0 aliphatic heterocycles. The Balaban J connectivity index is 0.00000147. The summed E-state index contributed by atoms with van der Waals surface area (Å²) in [6.07, 6.45) is 3.66. The number of halogens is 1. The van der Waals surface area contributed by atoms with E-state index >= 15 is 0 Å². The summed E-state index contributed by atoms with van der Waals surface area (Å²) in [5.41, 5.74) is 2.25. The molecule has 0 fully saturated rings. The number of benzene rings is 1. The quantitative estimate of drug-likeness (QED) is 0.516. The van der Waals surface area contributed by atoms with E-state index in [0.717, 1.165) is 16.4 Å². The maximum absolute atomic E-state index is 10.9. The van der Waals surface area contributed by atoms with Crippen molar-refractivity contribution >= 4 is 51.8 Å². The van der Waals surface area contributed by atoms with Crippen LogP contribution in [0, 0.1) is 0 Å². The Labute approximate surface area is 133 Å². The van der Waals surface area contributed by atoms with E-state index in [4.69, 9.17) is 4.74 Å². The minimum absolute atomic E-state index is 0. The van der Waals surface area contributed by atoms with Crippen molar-refractivity contribution in [3.05, 3.63) is 42.7 Å². The van der Waals surface area contributed by atoms with Gasteiger partial charge in [0.2, 0.25) is 0 Å². The molecule has 104 valence electrons. The highest BCUT2D eigenvalue weighted by molar-refractivity contribution is 14.0. The summed E-state index contributed by atoms with van der Waals surface area (Å²) in [6.45, 7) is 2.45. The number of nitrogens with zero attached hydrogens (tertiary/aromatic N) is 2. The monoisotopic (exact) mass is 382 g/mol. The Morgan fingerprint density at radius 2 is 1.95 bits per heavy atom. The van der Waals surface area contributed by atoms with Crippen LogP contribution in [0.3, 0.4) is 0 Å². The zero-order valence-corrected chi connectivity index (χ0v) is 13.4. The maximum atomic E-state index is 10.9. The fourth-order valence-corrected chi connectivity index (χ4v) is 2.42. The smallest absolute Gasteiger partial charge is 0.302 e. The van der Waals surface area contributed by atoms with E-state index in [1.54, 1.807) is 6.20 Å². The van der Waals surface area contributed by atoms with Crippen LogP contribution in [0.5, 0.6) is 0 Å². The summed E-state index contributed by atoms with van der Waals surface area (Å²) in [6, 6.07) is 10.2. The van der Waals surface area contributed by atoms with E-state index < -0.39 is 0 Å². The molecule has 2 aromatic heterocycles. The Kier molecular flexibility index (Phi) is 4.59. The minimum atomic E-state index is -0.248. The van der Waals surface area contributed by atoms with E-state index in [1.165, 1.54) is 12.3 Å². The highest BCUT2D eigenvalue weighted by Crippen LogP contribution is 2.27. The molecular formula is C15H15IN2O2. The van der Waals surface area contributed by atoms with Crippen LogP contribution in [0.15, 0.2) is 42.7 Å². The SMILES string of the molecule is CC(=O)OCCn1c2ccccc2c2cnccc21.I. The number of ether oxygens (including phenoxy) is 1. The van der Waals surface area contributed by atoms with Gasteiger partial charge < -0.3 is 9.30 Å². The Hall–Kier alpha value is -1.63. The third-order valence-corrected chi connectivity index (χ3v) is 3.19. The molecule has 4 nitrogen and oxygen atoms in total. The van der Waals surface area contributed by atoms with E-state index in [9.17, 15) is 4.79 Å². The fraction of sp³-hybridized carbons (Fsp3) is 0.200. The predicted octanol–water partition coefficient (Wildman–Crippen LogP) is 3.37. The molecule has 3 rings (SSSR count). The van der Waals surface area contributed by atoms with Crippen LogP contribution in [0.1, 0.15) is 6.92 Å². The number of pyridine rings is 1. The summed E-state index contributed by atoms with van der Waals surface area (Å²) in [7, 11) is 0. The van der Waals surface area contributed by atoms with E-state index in [-0.39, 0.29) is 29.9 Å². The molecule has 0 atom stereocenters.